The van der Waals surface area contributed by atoms with Gasteiger partial charge in [0.2, 0.25) is 5.88 Å². The van der Waals surface area contributed by atoms with E-state index < -0.39 is 5.82 Å². The monoisotopic (exact) mass is 423 g/mol. The van der Waals surface area contributed by atoms with Crippen LogP contribution < -0.4 is 24.8 Å². The molecule has 1 atom stereocenters. The number of nitrogens with zero attached hydrogens (tertiary/aromatic N) is 1. The van der Waals surface area contributed by atoms with E-state index in [1.807, 2.05) is 25.1 Å². The van der Waals surface area contributed by atoms with Crippen LogP contribution in [0.5, 0.6) is 23.1 Å². The molecule has 0 aliphatic carbocycles. The molecule has 0 saturated heterocycles. The highest BCUT2D eigenvalue weighted by atomic mass is 19.1. The molecule has 7 nitrogen and oxygen atoms in total. The summed E-state index contributed by atoms with van der Waals surface area (Å²) in [5, 5.41) is 5.69. The van der Waals surface area contributed by atoms with Gasteiger partial charge in [-0.2, -0.15) is 0 Å². The Bertz CT molecular complexity index is 1080. The number of carbonyl (C=O) groups is 1. The fourth-order valence-corrected chi connectivity index (χ4v) is 3.13. The number of benzene rings is 2. The maximum Gasteiger partial charge on any atom is 0.315 e. The van der Waals surface area contributed by atoms with Crippen LogP contribution in [0.15, 0.2) is 60.8 Å². The van der Waals surface area contributed by atoms with Crippen molar-refractivity contribution in [3.8, 4) is 23.1 Å². The molecule has 2 heterocycles. The number of carbonyl (C=O) groups excluding carboxylic acids is 1. The van der Waals surface area contributed by atoms with Gasteiger partial charge in [0.15, 0.2) is 11.5 Å². The topological polar surface area (TPSA) is 81.7 Å². The third-order valence-electron chi connectivity index (χ3n) is 4.71. The number of nitrogens with one attached hydrogen (secondary N) is 2. The Kier molecular flexibility index (Phi) is 6.16. The van der Waals surface area contributed by atoms with Crippen molar-refractivity contribution in [3.05, 3.63) is 77.7 Å². The normalized spacial score (nSPS) is 13.2. The second-order valence-corrected chi connectivity index (χ2v) is 6.98. The molecular formula is C23H22FN3O4. The molecule has 2 N–H and O–H groups in total. The van der Waals surface area contributed by atoms with E-state index in [1.54, 1.807) is 30.5 Å². The Labute approximate surface area is 179 Å². The van der Waals surface area contributed by atoms with Crippen LogP contribution in [0.2, 0.25) is 0 Å². The van der Waals surface area contributed by atoms with Crippen LogP contribution in [0.1, 0.15) is 24.1 Å². The van der Waals surface area contributed by atoms with Gasteiger partial charge in [0.05, 0.1) is 6.04 Å². The zero-order chi connectivity index (χ0) is 21.6. The summed E-state index contributed by atoms with van der Waals surface area (Å²) in [6.07, 6.45) is 1.57. The van der Waals surface area contributed by atoms with E-state index in [9.17, 15) is 9.18 Å². The lowest BCUT2D eigenvalue weighted by atomic mass is 10.1. The largest absolute Gasteiger partial charge is 0.486 e. The molecule has 0 bridgehead atoms. The van der Waals surface area contributed by atoms with Crippen molar-refractivity contribution in [1.82, 2.24) is 15.6 Å². The first-order chi connectivity index (χ1) is 15.1. The average Bonchev–Trinajstić information content (AvgIpc) is 2.78. The molecule has 4 rings (SSSR count). The number of fused-ring (bicyclic) bond motifs is 1. The molecule has 1 aromatic heterocycles. The number of hydrogen-bond acceptors (Lipinski definition) is 5. The zero-order valence-corrected chi connectivity index (χ0v) is 16.9. The van der Waals surface area contributed by atoms with Gasteiger partial charge < -0.3 is 24.8 Å². The maximum atomic E-state index is 13.4. The minimum Gasteiger partial charge on any atom is -0.486 e. The van der Waals surface area contributed by atoms with Gasteiger partial charge in [0.1, 0.15) is 24.8 Å². The Morgan fingerprint density at radius 2 is 1.97 bits per heavy atom. The molecule has 0 radical (unpaired) electrons. The van der Waals surface area contributed by atoms with Crippen LogP contribution in [-0.4, -0.2) is 24.2 Å². The molecule has 160 valence electrons. The Morgan fingerprint density at radius 3 is 2.81 bits per heavy atom. The first-order valence-corrected chi connectivity index (χ1v) is 9.90. The third-order valence-corrected chi connectivity index (χ3v) is 4.71. The number of aromatic nitrogens is 1. The molecule has 2 aromatic carbocycles. The standard InChI is InChI=1S/C23H22FN3O4/c1-15(16-7-8-20-21(12-16)30-11-10-29-20)27-23(28)26-14-17-4-3-9-25-22(17)31-19-6-2-5-18(24)13-19/h2-9,12-13,15H,10-11,14H2,1H3,(H2,26,27,28). The van der Waals surface area contributed by atoms with E-state index in [0.29, 0.717) is 41.9 Å². The van der Waals surface area contributed by atoms with E-state index in [2.05, 4.69) is 15.6 Å². The molecule has 0 saturated carbocycles. The highest BCUT2D eigenvalue weighted by Crippen LogP contribution is 2.32. The van der Waals surface area contributed by atoms with Crippen LogP contribution in [0.25, 0.3) is 0 Å². The Morgan fingerprint density at radius 1 is 1.13 bits per heavy atom. The number of amides is 2. The van der Waals surface area contributed by atoms with E-state index >= 15 is 0 Å². The van der Waals surface area contributed by atoms with Gasteiger partial charge in [-0.3, -0.25) is 0 Å². The average molecular weight is 423 g/mol. The quantitative estimate of drug-likeness (QED) is 0.616. The maximum absolute atomic E-state index is 13.4. The molecule has 0 fully saturated rings. The Balaban J connectivity index is 1.36. The van der Waals surface area contributed by atoms with Crippen LogP contribution in [-0.2, 0) is 6.54 Å². The minimum absolute atomic E-state index is 0.193. The summed E-state index contributed by atoms with van der Waals surface area (Å²) in [5.41, 5.74) is 1.56. The van der Waals surface area contributed by atoms with Crippen molar-refractivity contribution in [2.45, 2.75) is 19.5 Å². The van der Waals surface area contributed by atoms with Crippen molar-refractivity contribution in [2.75, 3.05) is 13.2 Å². The zero-order valence-electron chi connectivity index (χ0n) is 16.9. The summed E-state index contributed by atoms with van der Waals surface area (Å²) in [7, 11) is 0. The molecular weight excluding hydrogens is 401 g/mol. The van der Waals surface area contributed by atoms with E-state index in [4.69, 9.17) is 14.2 Å². The van der Waals surface area contributed by atoms with Gasteiger partial charge in [-0.15, -0.1) is 0 Å². The summed E-state index contributed by atoms with van der Waals surface area (Å²) < 4.78 is 30.2. The highest BCUT2D eigenvalue weighted by Gasteiger charge is 2.16. The molecule has 31 heavy (non-hydrogen) atoms. The molecule has 1 aliphatic rings. The summed E-state index contributed by atoms with van der Waals surface area (Å²) in [6.45, 7) is 3.11. The first kappa shape index (κ1) is 20.5. The molecule has 3 aromatic rings. The SMILES string of the molecule is CC(NC(=O)NCc1cccnc1Oc1cccc(F)c1)c1ccc2c(c1)OCCO2. The van der Waals surface area contributed by atoms with E-state index in [1.165, 1.54) is 12.1 Å². The van der Waals surface area contributed by atoms with Gasteiger partial charge in [0.25, 0.3) is 0 Å². The summed E-state index contributed by atoms with van der Waals surface area (Å²) in [6, 6.07) is 14.3. The number of rotatable bonds is 6. The number of hydrogen-bond donors (Lipinski definition) is 2. The van der Waals surface area contributed by atoms with Gasteiger partial charge in [-0.25, -0.2) is 14.2 Å². The highest BCUT2D eigenvalue weighted by molar-refractivity contribution is 5.74. The second-order valence-electron chi connectivity index (χ2n) is 6.98. The van der Waals surface area contributed by atoms with Gasteiger partial charge in [-0.1, -0.05) is 18.2 Å². The van der Waals surface area contributed by atoms with Gasteiger partial charge in [-0.05, 0) is 42.8 Å². The number of halogens is 1. The van der Waals surface area contributed by atoms with E-state index in [0.717, 1.165) is 5.56 Å². The predicted octanol–water partition coefficient (Wildman–Crippen LogP) is 4.34. The Hall–Kier alpha value is -3.81. The lowest BCUT2D eigenvalue weighted by Gasteiger charge is -2.21. The fraction of sp³-hybridized carbons (Fsp3) is 0.217. The van der Waals surface area contributed by atoms with Crippen LogP contribution in [0, 0.1) is 5.82 Å². The van der Waals surface area contributed by atoms with Crippen molar-refractivity contribution >= 4 is 6.03 Å². The number of ether oxygens (including phenoxy) is 3. The third kappa shape index (κ3) is 5.22. The van der Waals surface area contributed by atoms with E-state index in [-0.39, 0.29) is 18.6 Å². The van der Waals surface area contributed by atoms with Crippen molar-refractivity contribution in [2.24, 2.45) is 0 Å². The number of pyridine rings is 1. The first-order valence-electron chi connectivity index (χ1n) is 9.90. The van der Waals surface area contributed by atoms with Crippen LogP contribution in [0.4, 0.5) is 9.18 Å². The lowest BCUT2D eigenvalue weighted by molar-refractivity contribution is 0.171. The summed E-state index contributed by atoms with van der Waals surface area (Å²) >= 11 is 0. The smallest absolute Gasteiger partial charge is 0.315 e. The summed E-state index contributed by atoms with van der Waals surface area (Å²) in [4.78, 5) is 16.6. The van der Waals surface area contributed by atoms with Gasteiger partial charge >= 0.3 is 6.03 Å². The van der Waals surface area contributed by atoms with Crippen LogP contribution in [0.3, 0.4) is 0 Å². The lowest BCUT2D eigenvalue weighted by Crippen LogP contribution is -2.36. The predicted molar refractivity (Wildman–Crippen MR) is 112 cm³/mol. The molecule has 1 unspecified atom stereocenters. The van der Waals surface area contributed by atoms with Crippen LogP contribution >= 0.6 is 0 Å². The van der Waals surface area contributed by atoms with Gasteiger partial charge in [0, 0.05) is 24.4 Å². The van der Waals surface area contributed by atoms with Crippen molar-refractivity contribution < 1.29 is 23.4 Å². The summed E-state index contributed by atoms with van der Waals surface area (Å²) in [5.74, 6) is 1.60. The number of urea groups is 1. The second kappa shape index (κ2) is 9.34. The molecule has 8 heteroatoms. The van der Waals surface area contributed by atoms with Crippen molar-refractivity contribution in [1.29, 1.82) is 0 Å². The minimum atomic E-state index is -0.402. The van der Waals surface area contributed by atoms with Crippen molar-refractivity contribution in [3.63, 3.8) is 0 Å². The molecule has 2 amide bonds. The molecule has 1 aliphatic heterocycles. The fourth-order valence-electron chi connectivity index (χ4n) is 3.13. The molecule has 0 spiro atoms.